The number of nitrogens with zero attached hydrogens (tertiary/aromatic N) is 2. The van der Waals surface area contributed by atoms with Crippen LogP contribution in [-0.4, -0.2) is 28.2 Å². The van der Waals surface area contributed by atoms with Gasteiger partial charge in [-0.25, -0.2) is 9.97 Å². The molecule has 1 unspecified atom stereocenters. The van der Waals surface area contributed by atoms with E-state index in [1.807, 2.05) is 30.5 Å². The Morgan fingerprint density at radius 2 is 1.80 bits per heavy atom. The van der Waals surface area contributed by atoms with E-state index in [1.165, 1.54) is 0 Å². The topological polar surface area (TPSA) is 89.1 Å². The fraction of sp³-hybridized carbons (Fsp3) is 0.294. The third kappa shape index (κ3) is 3.74. The van der Waals surface area contributed by atoms with Crippen LogP contribution in [0.25, 0.3) is 10.9 Å². The van der Waals surface area contributed by atoms with E-state index in [0.29, 0.717) is 5.95 Å². The second kappa shape index (κ2) is 7.78. The summed E-state index contributed by atoms with van der Waals surface area (Å²) in [7, 11) is -3.50. The van der Waals surface area contributed by atoms with Gasteiger partial charge in [0.05, 0.1) is 13.2 Å². The van der Waals surface area contributed by atoms with Gasteiger partial charge in [0.15, 0.2) is 5.78 Å². The Balaban J connectivity index is 2.09. The third-order valence-electron chi connectivity index (χ3n) is 3.68. The van der Waals surface area contributed by atoms with Crippen LogP contribution < -0.4 is 5.32 Å². The molecule has 0 saturated carbocycles. The number of aromatic amines is 1. The maximum atomic E-state index is 13.5. The predicted octanol–water partition coefficient (Wildman–Crippen LogP) is 4.33. The molecule has 3 rings (SSSR count). The van der Waals surface area contributed by atoms with Gasteiger partial charge in [0.1, 0.15) is 0 Å². The van der Waals surface area contributed by atoms with Crippen molar-refractivity contribution in [1.29, 1.82) is 0 Å². The molecular weight excluding hydrogens is 339 g/mol. The summed E-state index contributed by atoms with van der Waals surface area (Å²) in [5.74, 6) is -0.372. The van der Waals surface area contributed by atoms with Gasteiger partial charge in [-0.3, -0.25) is 4.57 Å². The van der Waals surface area contributed by atoms with Crippen molar-refractivity contribution in [2.75, 3.05) is 18.5 Å². The molecule has 1 aromatic carbocycles. The van der Waals surface area contributed by atoms with Gasteiger partial charge < -0.3 is 19.3 Å². The van der Waals surface area contributed by atoms with Gasteiger partial charge in [-0.15, -0.1) is 0 Å². The van der Waals surface area contributed by atoms with Gasteiger partial charge in [-0.1, -0.05) is 18.2 Å². The lowest BCUT2D eigenvalue weighted by molar-refractivity contribution is 0.214. The van der Waals surface area contributed by atoms with Gasteiger partial charge in [0, 0.05) is 35.1 Å². The Labute approximate surface area is 146 Å². The van der Waals surface area contributed by atoms with Gasteiger partial charge in [-0.05, 0) is 26.0 Å². The molecule has 8 heteroatoms. The molecule has 2 heterocycles. The highest BCUT2D eigenvalue weighted by Gasteiger charge is 2.39. The highest BCUT2D eigenvalue weighted by Crippen LogP contribution is 2.61. The first-order valence-corrected chi connectivity index (χ1v) is 9.77. The molecule has 2 N–H and O–H groups in total. The van der Waals surface area contributed by atoms with E-state index in [-0.39, 0.29) is 13.2 Å². The van der Waals surface area contributed by atoms with Crippen LogP contribution in [0.3, 0.4) is 0 Å². The first-order valence-electron chi connectivity index (χ1n) is 8.16. The van der Waals surface area contributed by atoms with Crippen LogP contribution in [0.5, 0.6) is 0 Å². The van der Waals surface area contributed by atoms with E-state index in [2.05, 4.69) is 20.3 Å². The first-order chi connectivity index (χ1) is 12.2. The molecule has 7 nitrogen and oxygen atoms in total. The lowest BCUT2D eigenvalue weighted by Crippen LogP contribution is -2.16. The van der Waals surface area contributed by atoms with Gasteiger partial charge in [0.2, 0.25) is 5.95 Å². The predicted molar refractivity (Wildman–Crippen MR) is 97.6 cm³/mol. The summed E-state index contributed by atoms with van der Waals surface area (Å²) < 4.78 is 24.6. The van der Waals surface area contributed by atoms with Crippen molar-refractivity contribution in [3.63, 3.8) is 0 Å². The summed E-state index contributed by atoms with van der Waals surface area (Å²) in [6, 6.07) is 9.51. The standard InChI is InChI=1S/C17H21N4O3P/c1-3-23-25(22,24-4-2)16(21-17-18-10-7-11-19-17)14-12-20-15-9-6-5-8-13(14)15/h5-12,16,20H,3-4H2,1-2H3,(H,18,19,21). The Bertz CT molecular complexity index is 858. The minimum atomic E-state index is -3.50. The fourth-order valence-electron chi connectivity index (χ4n) is 2.69. The van der Waals surface area contributed by atoms with Crippen molar-refractivity contribution >= 4 is 24.4 Å². The zero-order chi connectivity index (χ0) is 17.7. The van der Waals surface area contributed by atoms with Crippen LogP contribution in [0, 0.1) is 0 Å². The highest BCUT2D eigenvalue weighted by atomic mass is 31.2. The minimum absolute atomic E-state index is 0.271. The second-order valence-corrected chi connectivity index (χ2v) is 7.40. The Morgan fingerprint density at radius 1 is 1.12 bits per heavy atom. The number of hydrogen-bond acceptors (Lipinski definition) is 6. The number of para-hydroxylation sites is 1. The molecule has 3 aromatic rings. The van der Waals surface area contributed by atoms with Crippen molar-refractivity contribution in [2.45, 2.75) is 19.6 Å². The summed E-state index contributed by atoms with van der Waals surface area (Å²) in [4.78, 5) is 11.6. The molecule has 0 spiro atoms. The number of fused-ring (bicyclic) bond motifs is 1. The Hall–Kier alpha value is -2.21. The summed E-state index contributed by atoms with van der Waals surface area (Å²) in [5.41, 5.74) is 1.73. The van der Waals surface area contributed by atoms with E-state index < -0.39 is 13.4 Å². The highest BCUT2D eigenvalue weighted by molar-refractivity contribution is 7.54. The molecule has 0 amide bonds. The second-order valence-electron chi connectivity index (χ2n) is 5.28. The number of aromatic nitrogens is 3. The zero-order valence-electron chi connectivity index (χ0n) is 14.2. The maximum absolute atomic E-state index is 13.5. The minimum Gasteiger partial charge on any atom is -0.361 e. The SMILES string of the molecule is CCOP(=O)(OCC)C(Nc1ncccn1)c1c[nH]c2ccccc12. The molecule has 0 aliphatic heterocycles. The normalized spacial score (nSPS) is 13.0. The largest absolute Gasteiger partial charge is 0.361 e. The van der Waals surface area contributed by atoms with Crippen molar-refractivity contribution in [3.8, 4) is 0 Å². The first kappa shape index (κ1) is 17.6. The maximum Gasteiger partial charge on any atom is 0.357 e. The van der Waals surface area contributed by atoms with E-state index in [0.717, 1.165) is 16.5 Å². The molecule has 0 radical (unpaired) electrons. The number of anilines is 1. The van der Waals surface area contributed by atoms with Gasteiger partial charge in [0.25, 0.3) is 0 Å². The average molecular weight is 360 g/mol. The molecule has 25 heavy (non-hydrogen) atoms. The third-order valence-corrected chi connectivity index (χ3v) is 5.96. The quantitative estimate of drug-likeness (QED) is 0.581. The fourth-order valence-corrected chi connectivity index (χ4v) is 4.61. The molecule has 1 atom stereocenters. The van der Waals surface area contributed by atoms with Crippen LogP contribution in [0.4, 0.5) is 5.95 Å². The van der Waals surface area contributed by atoms with Crippen LogP contribution in [0.1, 0.15) is 25.2 Å². The Kier molecular flexibility index (Phi) is 5.48. The van der Waals surface area contributed by atoms with Crippen molar-refractivity contribution in [1.82, 2.24) is 15.0 Å². The average Bonchev–Trinajstić information content (AvgIpc) is 3.05. The lowest BCUT2D eigenvalue weighted by atomic mass is 10.2. The van der Waals surface area contributed by atoms with Crippen molar-refractivity contribution in [3.05, 3.63) is 54.5 Å². The van der Waals surface area contributed by atoms with Crippen LogP contribution in [0.2, 0.25) is 0 Å². The lowest BCUT2D eigenvalue weighted by Gasteiger charge is -2.27. The number of hydrogen-bond donors (Lipinski definition) is 2. The van der Waals surface area contributed by atoms with Crippen molar-refractivity contribution in [2.24, 2.45) is 0 Å². The Morgan fingerprint density at radius 3 is 2.48 bits per heavy atom. The molecule has 0 aliphatic carbocycles. The summed E-state index contributed by atoms with van der Waals surface area (Å²) in [5, 5.41) is 4.07. The van der Waals surface area contributed by atoms with Gasteiger partial charge in [-0.2, -0.15) is 0 Å². The molecule has 0 bridgehead atoms. The van der Waals surface area contributed by atoms with Crippen LogP contribution >= 0.6 is 7.60 Å². The number of nitrogens with one attached hydrogen (secondary N) is 2. The van der Waals surface area contributed by atoms with Crippen LogP contribution in [0.15, 0.2) is 48.9 Å². The number of rotatable bonds is 8. The summed E-state index contributed by atoms with van der Waals surface area (Å²) in [6.45, 7) is 4.12. The molecule has 0 saturated heterocycles. The number of H-pyrrole nitrogens is 1. The molecule has 132 valence electrons. The molecule has 2 aromatic heterocycles. The van der Waals surface area contributed by atoms with E-state index in [9.17, 15) is 4.57 Å². The number of benzene rings is 1. The molecular formula is C17H21N4O3P. The van der Waals surface area contributed by atoms with E-state index in [4.69, 9.17) is 9.05 Å². The van der Waals surface area contributed by atoms with Gasteiger partial charge >= 0.3 is 7.60 Å². The van der Waals surface area contributed by atoms with E-state index in [1.54, 1.807) is 32.3 Å². The molecule has 0 aliphatic rings. The smallest absolute Gasteiger partial charge is 0.357 e. The van der Waals surface area contributed by atoms with Crippen LogP contribution in [-0.2, 0) is 13.6 Å². The monoisotopic (exact) mass is 360 g/mol. The van der Waals surface area contributed by atoms with Crippen molar-refractivity contribution < 1.29 is 13.6 Å². The zero-order valence-corrected chi connectivity index (χ0v) is 15.1. The molecule has 0 fully saturated rings. The summed E-state index contributed by atoms with van der Waals surface area (Å²) >= 11 is 0. The summed E-state index contributed by atoms with van der Waals surface area (Å²) in [6.07, 6.45) is 5.05. The van der Waals surface area contributed by atoms with E-state index >= 15 is 0 Å².